The fraction of sp³-hybridized carbons (Fsp3) is 0.125. The van der Waals surface area contributed by atoms with Crippen molar-refractivity contribution in [3.63, 3.8) is 0 Å². The molecule has 0 unspecified atom stereocenters. The zero-order valence-corrected chi connectivity index (χ0v) is 12.4. The standard InChI is InChI=1S/C16H12F3N3O2/c1-9-14(15(24)21-11-3-5-12(23)6-4-11)22-8-10(16(17,18)19)2-7-13(22)20-9/h2-8,23H,1H3,(H,21,24). The number of benzene rings is 1. The van der Waals surface area contributed by atoms with Crippen LogP contribution in [0.25, 0.3) is 5.65 Å². The van der Waals surface area contributed by atoms with E-state index in [1.54, 1.807) is 6.92 Å². The number of anilines is 1. The van der Waals surface area contributed by atoms with Crippen LogP contribution in [0.15, 0.2) is 42.6 Å². The van der Waals surface area contributed by atoms with Crippen LogP contribution in [-0.4, -0.2) is 20.4 Å². The Labute approximate surface area is 134 Å². The molecule has 1 aromatic carbocycles. The summed E-state index contributed by atoms with van der Waals surface area (Å²) in [5, 5.41) is 11.8. The minimum absolute atomic E-state index is 0.0178. The van der Waals surface area contributed by atoms with Crippen molar-refractivity contribution in [3.05, 3.63) is 59.5 Å². The van der Waals surface area contributed by atoms with Crippen molar-refractivity contribution in [1.82, 2.24) is 9.38 Å². The highest BCUT2D eigenvalue weighted by Gasteiger charge is 2.31. The number of aryl methyl sites for hydroxylation is 1. The molecule has 1 amide bonds. The molecule has 0 saturated heterocycles. The third kappa shape index (κ3) is 2.90. The van der Waals surface area contributed by atoms with E-state index in [2.05, 4.69) is 10.3 Å². The minimum Gasteiger partial charge on any atom is -0.508 e. The predicted octanol–water partition coefficient (Wildman–Crippen LogP) is 3.62. The highest BCUT2D eigenvalue weighted by atomic mass is 19.4. The number of amides is 1. The average molecular weight is 335 g/mol. The number of phenols is 1. The summed E-state index contributed by atoms with van der Waals surface area (Å²) in [4.78, 5) is 16.5. The van der Waals surface area contributed by atoms with Crippen molar-refractivity contribution in [2.75, 3.05) is 5.32 Å². The summed E-state index contributed by atoms with van der Waals surface area (Å²) < 4.78 is 39.8. The number of halogens is 3. The Kier molecular flexibility index (Phi) is 3.67. The van der Waals surface area contributed by atoms with Gasteiger partial charge in [-0.2, -0.15) is 13.2 Å². The number of nitrogens with one attached hydrogen (secondary N) is 1. The van der Waals surface area contributed by atoms with Crippen LogP contribution in [0.2, 0.25) is 0 Å². The first kappa shape index (κ1) is 15.9. The molecule has 5 nitrogen and oxygen atoms in total. The Morgan fingerprint density at radius 2 is 1.83 bits per heavy atom. The number of aromatic hydroxyl groups is 1. The number of hydrogen-bond donors (Lipinski definition) is 2. The number of pyridine rings is 1. The lowest BCUT2D eigenvalue weighted by Crippen LogP contribution is -2.16. The molecule has 2 aromatic heterocycles. The van der Waals surface area contributed by atoms with Crippen molar-refractivity contribution < 1.29 is 23.1 Å². The molecule has 2 N–H and O–H groups in total. The first-order chi connectivity index (χ1) is 11.3. The van der Waals surface area contributed by atoms with E-state index in [0.29, 0.717) is 11.4 Å². The van der Waals surface area contributed by atoms with Gasteiger partial charge in [-0.05, 0) is 43.3 Å². The third-order valence-corrected chi connectivity index (χ3v) is 3.46. The number of phenolic OH excluding ortho intramolecular Hbond substituents is 1. The third-order valence-electron chi connectivity index (χ3n) is 3.46. The van der Waals surface area contributed by atoms with Crippen LogP contribution in [0.4, 0.5) is 18.9 Å². The van der Waals surface area contributed by atoms with Crippen LogP contribution < -0.4 is 5.32 Å². The molecular formula is C16H12F3N3O2. The summed E-state index contributed by atoms with van der Waals surface area (Å²) in [6.07, 6.45) is -3.67. The largest absolute Gasteiger partial charge is 0.508 e. The highest BCUT2D eigenvalue weighted by molar-refractivity contribution is 6.04. The van der Waals surface area contributed by atoms with Crippen molar-refractivity contribution in [2.45, 2.75) is 13.1 Å². The zero-order valence-electron chi connectivity index (χ0n) is 12.4. The van der Waals surface area contributed by atoms with Gasteiger partial charge in [0.15, 0.2) is 0 Å². The summed E-state index contributed by atoms with van der Waals surface area (Å²) in [7, 11) is 0. The van der Waals surface area contributed by atoms with Gasteiger partial charge in [0, 0.05) is 11.9 Å². The number of carbonyl (C=O) groups is 1. The van der Waals surface area contributed by atoms with Gasteiger partial charge in [-0.1, -0.05) is 0 Å². The number of carbonyl (C=O) groups excluding carboxylic acids is 1. The molecule has 0 atom stereocenters. The van der Waals surface area contributed by atoms with E-state index < -0.39 is 17.6 Å². The molecule has 0 radical (unpaired) electrons. The molecule has 0 aliphatic heterocycles. The second kappa shape index (κ2) is 5.55. The Balaban J connectivity index is 2.02. The van der Waals surface area contributed by atoms with E-state index in [1.165, 1.54) is 30.3 Å². The van der Waals surface area contributed by atoms with E-state index in [1.807, 2.05) is 0 Å². The molecule has 0 fully saturated rings. The number of rotatable bonds is 2. The van der Waals surface area contributed by atoms with E-state index in [0.717, 1.165) is 16.7 Å². The van der Waals surface area contributed by atoms with Crippen molar-refractivity contribution in [3.8, 4) is 5.75 Å². The molecule has 0 aliphatic carbocycles. The van der Waals surface area contributed by atoms with Gasteiger partial charge in [0.1, 0.15) is 17.1 Å². The summed E-state index contributed by atoms with van der Waals surface area (Å²) in [5.74, 6) is -0.557. The Morgan fingerprint density at radius 3 is 2.46 bits per heavy atom. The van der Waals surface area contributed by atoms with Gasteiger partial charge in [0.2, 0.25) is 0 Å². The number of hydrogen-bond acceptors (Lipinski definition) is 3. The maximum atomic E-state index is 12.9. The van der Waals surface area contributed by atoms with Crippen molar-refractivity contribution >= 4 is 17.2 Å². The molecule has 0 aliphatic rings. The van der Waals surface area contributed by atoms with Gasteiger partial charge in [-0.25, -0.2) is 4.98 Å². The van der Waals surface area contributed by atoms with Gasteiger partial charge in [-0.15, -0.1) is 0 Å². The zero-order chi connectivity index (χ0) is 17.5. The Hall–Kier alpha value is -3.03. The van der Waals surface area contributed by atoms with Crippen LogP contribution in [0.5, 0.6) is 5.75 Å². The maximum Gasteiger partial charge on any atom is 0.417 e. The second-order valence-corrected chi connectivity index (χ2v) is 5.19. The maximum absolute atomic E-state index is 12.9. The average Bonchev–Trinajstić information content (AvgIpc) is 2.83. The summed E-state index contributed by atoms with van der Waals surface area (Å²) in [6, 6.07) is 7.87. The number of imidazole rings is 1. The van der Waals surface area contributed by atoms with Gasteiger partial charge in [0.05, 0.1) is 11.3 Å². The first-order valence-electron chi connectivity index (χ1n) is 6.92. The predicted molar refractivity (Wildman–Crippen MR) is 81.0 cm³/mol. The second-order valence-electron chi connectivity index (χ2n) is 5.19. The molecule has 8 heteroatoms. The van der Waals surface area contributed by atoms with Crippen molar-refractivity contribution in [2.24, 2.45) is 0 Å². The lowest BCUT2D eigenvalue weighted by atomic mass is 10.2. The molecule has 0 spiro atoms. The molecule has 2 heterocycles. The van der Waals surface area contributed by atoms with Gasteiger partial charge in [-0.3, -0.25) is 9.20 Å². The Bertz CT molecular complexity index is 915. The number of fused-ring (bicyclic) bond motifs is 1. The lowest BCUT2D eigenvalue weighted by Gasteiger charge is -2.09. The van der Waals surface area contributed by atoms with E-state index in [9.17, 15) is 23.1 Å². The lowest BCUT2D eigenvalue weighted by molar-refractivity contribution is -0.137. The first-order valence-corrected chi connectivity index (χ1v) is 6.92. The summed E-state index contributed by atoms with van der Waals surface area (Å²) in [6.45, 7) is 1.55. The van der Waals surface area contributed by atoms with E-state index in [4.69, 9.17) is 0 Å². The SMILES string of the molecule is Cc1nc2ccc(C(F)(F)F)cn2c1C(=O)Nc1ccc(O)cc1. The number of aromatic nitrogens is 2. The molecule has 0 saturated carbocycles. The smallest absolute Gasteiger partial charge is 0.417 e. The monoisotopic (exact) mass is 335 g/mol. The molecule has 24 heavy (non-hydrogen) atoms. The van der Waals surface area contributed by atoms with E-state index in [-0.39, 0.29) is 17.1 Å². The molecule has 3 aromatic rings. The van der Waals surface area contributed by atoms with Gasteiger partial charge in [0.25, 0.3) is 5.91 Å². The van der Waals surface area contributed by atoms with E-state index >= 15 is 0 Å². The molecule has 0 bridgehead atoms. The Morgan fingerprint density at radius 1 is 1.17 bits per heavy atom. The van der Waals surface area contributed by atoms with Crippen LogP contribution in [0, 0.1) is 6.92 Å². The summed E-state index contributed by atoms with van der Waals surface area (Å²) >= 11 is 0. The van der Waals surface area contributed by atoms with Gasteiger partial charge < -0.3 is 10.4 Å². The quantitative estimate of drug-likeness (QED) is 0.703. The normalized spacial score (nSPS) is 11.7. The fourth-order valence-corrected chi connectivity index (χ4v) is 2.34. The van der Waals surface area contributed by atoms with Crippen LogP contribution >= 0.6 is 0 Å². The highest BCUT2D eigenvalue weighted by Crippen LogP contribution is 2.30. The molecule has 3 rings (SSSR count). The van der Waals surface area contributed by atoms with Crippen molar-refractivity contribution in [1.29, 1.82) is 0 Å². The minimum atomic E-state index is -4.52. The van der Waals surface area contributed by atoms with Crippen LogP contribution in [0.3, 0.4) is 0 Å². The summed E-state index contributed by atoms with van der Waals surface area (Å²) in [5.41, 5.74) is 0.108. The fourth-order valence-electron chi connectivity index (χ4n) is 2.34. The number of nitrogens with zero attached hydrogens (tertiary/aromatic N) is 2. The molecular weight excluding hydrogens is 323 g/mol. The van der Waals surface area contributed by atoms with Crippen LogP contribution in [0.1, 0.15) is 21.7 Å². The number of alkyl halides is 3. The topological polar surface area (TPSA) is 66.6 Å². The van der Waals surface area contributed by atoms with Gasteiger partial charge >= 0.3 is 6.18 Å². The van der Waals surface area contributed by atoms with Crippen LogP contribution in [-0.2, 0) is 6.18 Å². The molecule has 124 valence electrons.